The fourth-order valence-electron chi connectivity index (χ4n) is 4.56. The van der Waals surface area contributed by atoms with E-state index in [4.69, 9.17) is 4.74 Å². The van der Waals surface area contributed by atoms with Crippen LogP contribution in [-0.4, -0.2) is 35.6 Å². The van der Waals surface area contributed by atoms with E-state index in [0.29, 0.717) is 12.5 Å². The van der Waals surface area contributed by atoms with Gasteiger partial charge in [0, 0.05) is 47.5 Å². The lowest BCUT2D eigenvalue weighted by molar-refractivity contribution is 0.262. The summed E-state index contributed by atoms with van der Waals surface area (Å²) in [4.78, 5) is 18.4. The number of hydrogen-bond donors (Lipinski definition) is 3. The fourth-order valence-corrected chi connectivity index (χ4v) is 4.56. The summed E-state index contributed by atoms with van der Waals surface area (Å²) in [5.41, 5.74) is 3.87. The lowest BCUT2D eigenvalue weighted by Gasteiger charge is -2.28. The maximum absolute atomic E-state index is 12.6. The predicted octanol–water partition coefficient (Wildman–Crippen LogP) is 7.48. The number of unbranched alkanes of at least 4 members (excludes halogenated alkanes) is 3. The van der Waals surface area contributed by atoms with Crippen molar-refractivity contribution < 1.29 is 9.53 Å². The lowest BCUT2D eigenvalue weighted by Crippen LogP contribution is -2.25. The number of urea groups is 1. The monoisotopic (exact) mass is 474 g/mol. The molecule has 1 atom stereocenters. The van der Waals surface area contributed by atoms with Crippen molar-refractivity contribution in [2.75, 3.05) is 30.3 Å². The van der Waals surface area contributed by atoms with Gasteiger partial charge in [0.15, 0.2) is 0 Å². The molecule has 2 amide bonds. The molecule has 0 saturated heterocycles. The molecule has 0 bridgehead atoms. The predicted molar refractivity (Wildman–Crippen MR) is 145 cm³/mol. The number of allylic oxidation sites excluding steroid dienone is 1. The summed E-state index contributed by atoms with van der Waals surface area (Å²) >= 11 is 0. The molecule has 1 unspecified atom stereocenters. The third kappa shape index (κ3) is 6.81. The number of rotatable bonds is 11. The Labute approximate surface area is 208 Å². The summed E-state index contributed by atoms with van der Waals surface area (Å²) in [6, 6.07) is 13.2. The maximum Gasteiger partial charge on any atom is 0.323 e. The lowest BCUT2D eigenvalue weighted by atomic mass is 9.93. The molecule has 2 heterocycles. The molecule has 1 aromatic heterocycles. The van der Waals surface area contributed by atoms with Gasteiger partial charge in [-0.05, 0) is 73.5 Å². The Kier molecular flexibility index (Phi) is 8.71. The number of carbonyl (C=O) groups is 1. The van der Waals surface area contributed by atoms with Crippen molar-refractivity contribution in [3.8, 4) is 5.75 Å². The zero-order valence-corrected chi connectivity index (χ0v) is 21.0. The van der Waals surface area contributed by atoms with Gasteiger partial charge in [0.1, 0.15) is 5.75 Å². The largest absolute Gasteiger partial charge is 0.494 e. The van der Waals surface area contributed by atoms with Crippen LogP contribution in [0.2, 0.25) is 0 Å². The van der Waals surface area contributed by atoms with Gasteiger partial charge in [-0.15, -0.1) is 0 Å². The van der Waals surface area contributed by atoms with Crippen LogP contribution in [0.5, 0.6) is 5.75 Å². The van der Waals surface area contributed by atoms with Crippen LogP contribution in [0.4, 0.5) is 16.2 Å². The first-order valence-electron chi connectivity index (χ1n) is 13.0. The molecule has 35 heavy (non-hydrogen) atoms. The molecule has 4 rings (SSSR count). The first kappa shape index (κ1) is 24.7. The molecule has 1 aliphatic heterocycles. The van der Waals surface area contributed by atoms with Crippen LogP contribution in [0.15, 0.2) is 60.9 Å². The van der Waals surface area contributed by atoms with E-state index >= 15 is 0 Å². The van der Waals surface area contributed by atoms with E-state index < -0.39 is 0 Å². The fraction of sp³-hybridized carbons (Fsp3) is 0.414. The van der Waals surface area contributed by atoms with Gasteiger partial charge in [-0.1, -0.05) is 39.2 Å². The van der Waals surface area contributed by atoms with Crippen LogP contribution >= 0.6 is 0 Å². The number of amides is 2. The molecule has 0 aliphatic carbocycles. The van der Waals surface area contributed by atoms with Gasteiger partial charge in [-0.25, -0.2) is 4.79 Å². The highest BCUT2D eigenvalue weighted by atomic mass is 16.5. The Bertz CT molecular complexity index is 1120. The minimum atomic E-state index is -0.264. The molecule has 3 aromatic rings. The number of carbonyl (C=O) groups excluding carboxylic acids is 1. The highest BCUT2D eigenvalue weighted by Crippen LogP contribution is 2.33. The average Bonchev–Trinajstić information content (AvgIpc) is 3.30. The smallest absolute Gasteiger partial charge is 0.323 e. The van der Waals surface area contributed by atoms with E-state index in [0.717, 1.165) is 54.0 Å². The number of aromatic amines is 1. The molecule has 3 N–H and O–H groups in total. The van der Waals surface area contributed by atoms with E-state index in [2.05, 4.69) is 58.9 Å². The topological polar surface area (TPSA) is 69.4 Å². The summed E-state index contributed by atoms with van der Waals surface area (Å²) in [7, 11) is 0. The molecule has 186 valence electrons. The number of ether oxygens (including phenoxy) is 1. The number of nitrogens with one attached hydrogen (secondary N) is 3. The normalized spacial score (nSPS) is 15.4. The van der Waals surface area contributed by atoms with Crippen molar-refractivity contribution in [1.82, 2.24) is 9.88 Å². The second-order valence-electron chi connectivity index (χ2n) is 9.29. The van der Waals surface area contributed by atoms with Gasteiger partial charge in [-0.2, -0.15) is 0 Å². The molecular formula is C29H38N4O2. The highest BCUT2D eigenvalue weighted by Gasteiger charge is 2.18. The standard InChI is InChI=1S/C29H38N4O2/c1-3-5-6-7-16-33-17-14-22(15-18-33)27-21-30-28-13-10-24(20-26(27)28)32-29(34)31-23-8-11-25(12-9-23)35-19-4-2/h8-14,17,20-22,30H,3-7,15-16,18-19H2,1-2H3,(H2,31,32,34). The minimum absolute atomic E-state index is 0.264. The SMILES string of the molecule is CCCCCCN1C=CC(c2c[nH]c3ccc(NC(=O)Nc4ccc(OCCC)cc4)cc23)CC1. The second kappa shape index (κ2) is 12.3. The van der Waals surface area contributed by atoms with E-state index in [1.807, 2.05) is 36.4 Å². The Morgan fingerprint density at radius 1 is 1.03 bits per heavy atom. The molecule has 6 heteroatoms. The summed E-state index contributed by atoms with van der Waals surface area (Å²) in [5.74, 6) is 1.19. The number of benzene rings is 2. The Morgan fingerprint density at radius 2 is 1.83 bits per heavy atom. The van der Waals surface area contributed by atoms with E-state index in [-0.39, 0.29) is 6.03 Å². The van der Waals surface area contributed by atoms with Crippen LogP contribution in [-0.2, 0) is 0 Å². The van der Waals surface area contributed by atoms with Crippen molar-refractivity contribution in [1.29, 1.82) is 0 Å². The molecule has 0 saturated carbocycles. The summed E-state index contributed by atoms with van der Waals surface area (Å²) in [6.45, 7) is 7.24. The summed E-state index contributed by atoms with van der Waals surface area (Å²) < 4.78 is 5.60. The average molecular weight is 475 g/mol. The van der Waals surface area contributed by atoms with Gasteiger partial charge in [-0.3, -0.25) is 0 Å². The second-order valence-corrected chi connectivity index (χ2v) is 9.29. The van der Waals surface area contributed by atoms with Gasteiger partial charge >= 0.3 is 6.03 Å². The van der Waals surface area contributed by atoms with Gasteiger partial charge in [0.2, 0.25) is 0 Å². The zero-order chi connectivity index (χ0) is 24.5. The first-order valence-corrected chi connectivity index (χ1v) is 13.0. The number of anilines is 2. The third-order valence-electron chi connectivity index (χ3n) is 6.51. The van der Waals surface area contributed by atoms with E-state index in [1.165, 1.54) is 31.2 Å². The highest BCUT2D eigenvalue weighted by molar-refractivity contribution is 6.01. The number of H-pyrrole nitrogens is 1. The number of nitrogens with zero attached hydrogens (tertiary/aromatic N) is 1. The summed E-state index contributed by atoms with van der Waals surface area (Å²) in [6.07, 6.45) is 14.0. The van der Waals surface area contributed by atoms with Crippen molar-refractivity contribution in [2.45, 2.75) is 58.3 Å². The van der Waals surface area contributed by atoms with Crippen molar-refractivity contribution in [3.05, 3.63) is 66.5 Å². The van der Waals surface area contributed by atoms with Crippen molar-refractivity contribution in [2.24, 2.45) is 0 Å². The Morgan fingerprint density at radius 3 is 2.57 bits per heavy atom. The molecule has 1 aliphatic rings. The van der Waals surface area contributed by atoms with Crippen LogP contribution in [0.3, 0.4) is 0 Å². The molecule has 0 fully saturated rings. The number of aromatic nitrogens is 1. The van der Waals surface area contributed by atoms with E-state index in [1.54, 1.807) is 0 Å². The van der Waals surface area contributed by atoms with E-state index in [9.17, 15) is 4.79 Å². The van der Waals surface area contributed by atoms with Crippen molar-refractivity contribution in [3.63, 3.8) is 0 Å². The van der Waals surface area contributed by atoms with Gasteiger partial charge in [0.05, 0.1) is 6.61 Å². The van der Waals surface area contributed by atoms with Gasteiger partial charge < -0.3 is 25.3 Å². The minimum Gasteiger partial charge on any atom is -0.494 e. The Balaban J connectivity index is 1.36. The van der Waals surface area contributed by atoms with Crippen LogP contribution in [0.1, 0.15) is 63.9 Å². The third-order valence-corrected chi connectivity index (χ3v) is 6.51. The molecule has 0 spiro atoms. The van der Waals surface area contributed by atoms with Crippen LogP contribution in [0, 0.1) is 0 Å². The Hall–Kier alpha value is -3.41. The molecule has 0 radical (unpaired) electrons. The van der Waals surface area contributed by atoms with Gasteiger partial charge in [0.25, 0.3) is 0 Å². The number of hydrogen-bond acceptors (Lipinski definition) is 3. The zero-order valence-electron chi connectivity index (χ0n) is 21.0. The summed E-state index contributed by atoms with van der Waals surface area (Å²) in [5, 5.41) is 7.02. The van der Waals surface area contributed by atoms with Crippen LogP contribution in [0.25, 0.3) is 10.9 Å². The first-order chi connectivity index (χ1) is 17.2. The molecule has 6 nitrogen and oxygen atoms in total. The van der Waals surface area contributed by atoms with Crippen LogP contribution < -0.4 is 15.4 Å². The molecular weight excluding hydrogens is 436 g/mol. The quantitative estimate of drug-likeness (QED) is 0.252. The van der Waals surface area contributed by atoms with Crippen molar-refractivity contribution >= 4 is 28.3 Å². The maximum atomic E-state index is 12.6. The molecule has 2 aromatic carbocycles. The number of fused-ring (bicyclic) bond motifs is 1.